The Labute approximate surface area is 173 Å². The summed E-state index contributed by atoms with van der Waals surface area (Å²) >= 11 is 3.30. The molecule has 1 saturated heterocycles. The fourth-order valence-corrected chi connectivity index (χ4v) is 4.93. The molecule has 148 valence electrons. The van der Waals surface area contributed by atoms with Gasteiger partial charge in [-0.15, -0.1) is 0 Å². The fourth-order valence-electron chi connectivity index (χ4n) is 2.91. The maximum Gasteiger partial charge on any atom is 0.246 e. The van der Waals surface area contributed by atoms with E-state index in [2.05, 4.69) is 15.9 Å². The van der Waals surface area contributed by atoms with Crippen LogP contribution < -0.4 is 4.74 Å². The van der Waals surface area contributed by atoms with Gasteiger partial charge < -0.3 is 9.64 Å². The number of sulfonamides is 1. The van der Waals surface area contributed by atoms with E-state index in [9.17, 15) is 13.2 Å². The van der Waals surface area contributed by atoms with Crippen LogP contribution in [0.3, 0.4) is 0 Å². The summed E-state index contributed by atoms with van der Waals surface area (Å²) in [6, 6.07) is 14.0. The Kier molecular flexibility index (Phi) is 6.53. The summed E-state index contributed by atoms with van der Waals surface area (Å²) in [5.74, 6) is 0.626. The molecule has 28 heavy (non-hydrogen) atoms. The summed E-state index contributed by atoms with van der Waals surface area (Å²) in [6.45, 7) is 1.27. The first kappa shape index (κ1) is 20.6. The maximum atomic E-state index is 12.8. The average molecular weight is 465 g/mol. The monoisotopic (exact) mass is 464 g/mol. The Bertz CT molecular complexity index is 966. The summed E-state index contributed by atoms with van der Waals surface area (Å²) in [6.07, 6.45) is 3.26. The van der Waals surface area contributed by atoms with Gasteiger partial charge in [-0.3, -0.25) is 4.79 Å². The molecule has 2 aromatic carbocycles. The summed E-state index contributed by atoms with van der Waals surface area (Å²) in [5.41, 5.74) is 0.894. The molecule has 0 spiro atoms. The molecule has 0 atom stereocenters. The second kappa shape index (κ2) is 8.89. The van der Waals surface area contributed by atoms with Crippen LogP contribution in [0.2, 0.25) is 0 Å². The molecule has 1 heterocycles. The number of hydrogen-bond donors (Lipinski definition) is 0. The molecule has 0 unspecified atom stereocenters. The predicted octanol–water partition coefficient (Wildman–Crippen LogP) is 3.00. The van der Waals surface area contributed by atoms with E-state index in [0.717, 1.165) is 11.3 Å². The van der Waals surface area contributed by atoms with Crippen molar-refractivity contribution < 1.29 is 17.9 Å². The largest absolute Gasteiger partial charge is 0.497 e. The first-order valence-corrected chi connectivity index (χ1v) is 11.0. The minimum atomic E-state index is -3.56. The van der Waals surface area contributed by atoms with Crippen molar-refractivity contribution in [1.82, 2.24) is 9.21 Å². The molecule has 6 nitrogen and oxygen atoms in total. The molecule has 0 aliphatic carbocycles. The Morgan fingerprint density at radius 3 is 2.36 bits per heavy atom. The molecule has 0 radical (unpaired) electrons. The molecule has 0 saturated carbocycles. The summed E-state index contributed by atoms with van der Waals surface area (Å²) < 4.78 is 32.8. The zero-order valence-electron chi connectivity index (χ0n) is 15.4. The van der Waals surface area contributed by atoms with Gasteiger partial charge >= 0.3 is 0 Å². The molecule has 8 heteroatoms. The van der Waals surface area contributed by atoms with Crippen molar-refractivity contribution in [2.75, 3.05) is 33.3 Å². The molecule has 0 aromatic heterocycles. The number of amides is 1. The third-order valence-electron chi connectivity index (χ3n) is 4.52. The number of methoxy groups -OCH3 is 1. The highest BCUT2D eigenvalue weighted by atomic mass is 79.9. The van der Waals surface area contributed by atoms with Crippen molar-refractivity contribution in [3.63, 3.8) is 0 Å². The Morgan fingerprint density at radius 1 is 1.07 bits per heavy atom. The second-order valence-electron chi connectivity index (χ2n) is 6.29. The lowest BCUT2D eigenvalue weighted by Gasteiger charge is -2.33. The highest BCUT2D eigenvalue weighted by Crippen LogP contribution is 2.21. The highest BCUT2D eigenvalue weighted by molar-refractivity contribution is 9.10. The lowest BCUT2D eigenvalue weighted by atomic mass is 10.2. The molecule has 0 N–H and O–H groups in total. The van der Waals surface area contributed by atoms with Crippen molar-refractivity contribution in [3.05, 3.63) is 64.6 Å². The van der Waals surface area contributed by atoms with E-state index >= 15 is 0 Å². The first-order valence-electron chi connectivity index (χ1n) is 8.77. The van der Waals surface area contributed by atoms with Crippen LogP contribution in [0.25, 0.3) is 6.08 Å². The molecule has 2 aromatic rings. The number of rotatable bonds is 5. The van der Waals surface area contributed by atoms with Gasteiger partial charge in [-0.2, -0.15) is 4.31 Å². The number of halogens is 1. The number of ether oxygens (including phenoxy) is 1. The smallest absolute Gasteiger partial charge is 0.246 e. The number of carbonyl (C=O) groups excluding carboxylic acids is 1. The fraction of sp³-hybridized carbons (Fsp3) is 0.250. The Morgan fingerprint density at radius 2 is 1.75 bits per heavy atom. The number of nitrogens with zero attached hydrogens (tertiary/aromatic N) is 2. The van der Waals surface area contributed by atoms with E-state index in [1.54, 1.807) is 42.4 Å². The molecular weight excluding hydrogens is 444 g/mol. The highest BCUT2D eigenvalue weighted by Gasteiger charge is 2.29. The van der Waals surface area contributed by atoms with Gasteiger partial charge in [0.15, 0.2) is 0 Å². The molecule has 3 rings (SSSR count). The average Bonchev–Trinajstić information content (AvgIpc) is 2.72. The minimum Gasteiger partial charge on any atom is -0.497 e. The summed E-state index contributed by atoms with van der Waals surface area (Å²) in [5, 5.41) is 0. The van der Waals surface area contributed by atoms with Gasteiger partial charge in [-0.1, -0.05) is 34.1 Å². The lowest BCUT2D eigenvalue weighted by molar-refractivity contribution is -0.127. The molecule has 1 fully saturated rings. The number of benzene rings is 2. The van der Waals surface area contributed by atoms with E-state index in [0.29, 0.717) is 17.6 Å². The van der Waals surface area contributed by atoms with Crippen LogP contribution in [0.15, 0.2) is 64.0 Å². The number of piperazine rings is 1. The zero-order valence-corrected chi connectivity index (χ0v) is 17.8. The van der Waals surface area contributed by atoms with Crippen molar-refractivity contribution in [2.24, 2.45) is 0 Å². The van der Waals surface area contributed by atoms with Crippen molar-refractivity contribution in [3.8, 4) is 5.75 Å². The van der Waals surface area contributed by atoms with Gasteiger partial charge in [0.05, 0.1) is 12.0 Å². The topological polar surface area (TPSA) is 66.9 Å². The molecular formula is C20H21BrN2O4S. The molecule has 1 amide bonds. The van der Waals surface area contributed by atoms with Crippen molar-refractivity contribution >= 4 is 37.9 Å². The van der Waals surface area contributed by atoms with E-state index in [1.807, 2.05) is 24.3 Å². The summed E-state index contributed by atoms with van der Waals surface area (Å²) in [7, 11) is -1.96. The van der Waals surface area contributed by atoms with Crippen LogP contribution in [0.5, 0.6) is 5.75 Å². The van der Waals surface area contributed by atoms with Crippen molar-refractivity contribution in [1.29, 1.82) is 0 Å². The molecule has 1 aliphatic rings. The third-order valence-corrected chi connectivity index (χ3v) is 6.91. The number of hydrogen-bond acceptors (Lipinski definition) is 4. The third kappa shape index (κ3) is 4.81. The van der Waals surface area contributed by atoms with Crippen LogP contribution >= 0.6 is 15.9 Å². The first-order chi connectivity index (χ1) is 13.4. The van der Waals surface area contributed by atoms with Gasteiger partial charge in [0, 0.05) is 36.7 Å². The van der Waals surface area contributed by atoms with Crippen LogP contribution in [-0.2, 0) is 14.8 Å². The Hall–Kier alpha value is -2.16. The van der Waals surface area contributed by atoms with Gasteiger partial charge in [0.25, 0.3) is 0 Å². The van der Waals surface area contributed by atoms with E-state index < -0.39 is 10.0 Å². The maximum absolute atomic E-state index is 12.8. The number of carbonyl (C=O) groups is 1. The SMILES string of the molecule is COc1ccc(C=CC(=O)N2CCN(S(=O)(=O)c3cccc(Br)c3)CC2)cc1. The van der Waals surface area contributed by atoms with Crippen LogP contribution in [0.4, 0.5) is 0 Å². The van der Waals surface area contributed by atoms with Gasteiger partial charge in [0.2, 0.25) is 15.9 Å². The zero-order chi connectivity index (χ0) is 20.1. The van der Waals surface area contributed by atoms with Crippen LogP contribution in [-0.4, -0.2) is 56.8 Å². The van der Waals surface area contributed by atoms with Crippen LogP contribution in [0, 0.1) is 0 Å². The van der Waals surface area contributed by atoms with Gasteiger partial charge in [0.1, 0.15) is 5.75 Å². The van der Waals surface area contributed by atoms with Crippen molar-refractivity contribution in [2.45, 2.75) is 4.90 Å². The standard InChI is InChI=1S/C20H21BrN2O4S/c1-27-18-8-5-16(6-9-18)7-10-20(24)22-11-13-23(14-12-22)28(25,26)19-4-2-3-17(21)15-19/h2-10,15H,11-14H2,1H3. The summed E-state index contributed by atoms with van der Waals surface area (Å²) in [4.78, 5) is 14.3. The Balaban J connectivity index is 1.59. The second-order valence-corrected chi connectivity index (χ2v) is 9.15. The van der Waals surface area contributed by atoms with E-state index in [4.69, 9.17) is 4.74 Å². The van der Waals surface area contributed by atoms with Gasteiger partial charge in [-0.05, 0) is 42.0 Å². The normalized spacial score (nSPS) is 15.7. The van der Waals surface area contributed by atoms with E-state index in [1.165, 1.54) is 10.4 Å². The predicted molar refractivity (Wildman–Crippen MR) is 112 cm³/mol. The van der Waals surface area contributed by atoms with Gasteiger partial charge in [-0.25, -0.2) is 8.42 Å². The minimum absolute atomic E-state index is 0.129. The lowest BCUT2D eigenvalue weighted by Crippen LogP contribution is -2.50. The molecule has 0 bridgehead atoms. The van der Waals surface area contributed by atoms with E-state index in [-0.39, 0.29) is 23.9 Å². The molecule has 1 aliphatic heterocycles. The van der Waals surface area contributed by atoms with Crippen LogP contribution in [0.1, 0.15) is 5.56 Å². The quantitative estimate of drug-likeness (QED) is 0.637.